The quantitative estimate of drug-likeness (QED) is 0.270. The van der Waals surface area contributed by atoms with E-state index in [1.165, 1.54) is 0 Å². The van der Waals surface area contributed by atoms with Gasteiger partial charge in [0.15, 0.2) is 5.11 Å². The summed E-state index contributed by atoms with van der Waals surface area (Å²) in [6.45, 7) is 4.78. The Morgan fingerprint density at radius 3 is 2.20 bits per heavy atom. The molecule has 1 heterocycles. The van der Waals surface area contributed by atoms with Gasteiger partial charge in [0.25, 0.3) is 0 Å². The minimum Gasteiger partial charge on any atom is -0.494 e. The summed E-state index contributed by atoms with van der Waals surface area (Å²) in [6, 6.07) is 13.4. The topological polar surface area (TPSA) is 101 Å². The lowest BCUT2D eigenvalue weighted by molar-refractivity contribution is -0.140. The van der Waals surface area contributed by atoms with Crippen molar-refractivity contribution in [1.29, 1.82) is 0 Å². The maximum absolute atomic E-state index is 12.8. The van der Waals surface area contributed by atoms with Crippen molar-refractivity contribution in [3.05, 3.63) is 65.4 Å². The number of hydrogen-bond acceptors (Lipinski definition) is 6. The molecule has 1 unspecified atom stereocenters. The molecule has 0 bridgehead atoms. The molecule has 10 heteroatoms. The van der Waals surface area contributed by atoms with Crippen molar-refractivity contribution in [2.24, 2.45) is 0 Å². The smallest absolute Gasteiger partial charge is 0.338 e. The maximum Gasteiger partial charge on any atom is 0.338 e. The number of urea groups is 1. The van der Waals surface area contributed by atoms with Crippen LogP contribution in [-0.2, 0) is 14.3 Å². The van der Waals surface area contributed by atoms with Crippen LogP contribution in [0.5, 0.6) is 5.75 Å². The monoisotopic (exact) mass is 498 g/mol. The SMILES string of the molecule is CCOc1ccc(NC(=O)Nc2ccc(C3NC(=S)N(C)C(C)=C3C(=O)OCCOC)cc2)cc1. The van der Waals surface area contributed by atoms with E-state index in [0.29, 0.717) is 41.0 Å². The summed E-state index contributed by atoms with van der Waals surface area (Å²) in [7, 11) is 3.34. The van der Waals surface area contributed by atoms with Gasteiger partial charge < -0.3 is 35.1 Å². The highest BCUT2D eigenvalue weighted by molar-refractivity contribution is 7.80. The summed E-state index contributed by atoms with van der Waals surface area (Å²) in [5.74, 6) is 0.297. The summed E-state index contributed by atoms with van der Waals surface area (Å²) < 4.78 is 15.8. The van der Waals surface area contributed by atoms with Gasteiger partial charge in [-0.15, -0.1) is 0 Å². The van der Waals surface area contributed by atoms with Gasteiger partial charge in [-0.3, -0.25) is 0 Å². The first-order valence-corrected chi connectivity index (χ1v) is 11.6. The molecule has 0 aromatic heterocycles. The molecule has 1 aliphatic heterocycles. The van der Waals surface area contributed by atoms with E-state index < -0.39 is 12.0 Å². The van der Waals surface area contributed by atoms with Crippen LogP contribution in [0.2, 0.25) is 0 Å². The fraction of sp³-hybridized carbons (Fsp3) is 0.320. The van der Waals surface area contributed by atoms with Gasteiger partial charge in [0.2, 0.25) is 0 Å². The van der Waals surface area contributed by atoms with Crippen molar-refractivity contribution in [3.63, 3.8) is 0 Å². The number of allylic oxidation sites excluding steroid dienone is 1. The Morgan fingerprint density at radius 1 is 1.03 bits per heavy atom. The Morgan fingerprint density at radius 2 is 1.63 bits per heavy atom. The lowest BCUT2D eigenvalue weighted by atomic mass is 9.95. The van der Waals surface area contributed by atoms with Crippen LogP contribution >= 0.6 is 12.2 Å². The minimum absolute atomic E-state index is 0.152. The average Bonchev–Trinajstić information content (AvgIpc) is 2.84. The molecule has 0 saturated carbocycles. The fourth-order valence-electron chi connectivity index (χ4n) is 3.50. The van der Waals surface area contributed by atoms with E-state index in [1.807, 2.05) is 26.0 Å². The van der Waals surface area contributed by atoms with Crippen molar-refractivity contribution in [1.82, 2.24) is 10.2 Å². The predicted molar refractivity (Wildman–Crippen MR) is 138 cm³/mol. The molecule has 0 aliphatic carbocycles. The summed E-state index contributed by atoms with van der Waals surface area (Å²) in [5, 5.41) is 9.28. The third-order valence-electron chi connectivity index (χ3n) is 5.42. The lowest BCUT2D eigenvalue weighted by Crippen LogP contribution is -2.46. The average molecular weight is 499 g/mol. The molecule has 9 nitrogen and oxygen atoms in total. The third-order valence-corrected chi connectivity index (χ3v) is 5.81. The zero-order chi connectivity index (χ0) is 25.4. The largest absolute Gasteiger partial charge is 0.494 e. The first-order valence-electron chi connectivity index (χ1n) is 11.2. The molecule has 186 valence electrons. The standard InChI is InChI=1S/C25H30N4O5S/c1-5-33-20-12-10-19(11-13-20)27-24(31)26-18-8-6-17(7-9-18)22-21(23(30)34-15-14-32-4)16(2)29(3)25(35)28-22/h6-13,22H,5,14-15H2,1-4H3,(H,28,35)(H2,26,27,31). The first kappa shape index (κ1) is 26.0. The van der Waals surface area contributed by atoms with Crippen LogP contribution in [0.25, 0.3) is 0 Å². The molecule has 0 spiro atoms. The van der Waals surface area contributed by atoms with Gasteiger partial charge >= 0.3 is 12.0 Å². The van der Waals surface area contributed by atoms with Crippen molar-refractivity contribution in [2.75, 3.05) is 44.6 Å². The Labute approximate surface area is 210 Å². The number of ether oxygens (including phenoxy) is 3. The van der Waals surface area contributed by atoms with Crippen molar-refractivity contribution in [2.45, 2.75) is 19.9 Å². The van der Waals surface area contributed by atoms with Crippen molar-refractivity contribution < 1.29 is 23.8 Å². The molecule has 3 rings (SSSR count). The molecular formula is C25H30N4O5S. The second-order valence-electron chi connectivity index (χ2n) is 7.73. The molecule has 0 saturated heterocycles. The number of esters is 1. The molecule has 2 aromatic rings. The lowest BCUT2D eigenvalue weighted by Gasteiger charge is -2.35. The number of rotatable bonds is 9. The van der Waals surface area contributed by atoms with E-state index in [0.717, 1.165) is 11.3 Å². The maximum atomic E-state index is 12.8. The molecule has 2 amide bonds. The van der Waals surface area contributed by atoms with Gasteiger partial charge in [-0.1, -0.05) is 12.1 Å². The summed E-state index contributed by atoms with van der Waals surface area (Å²) in [6.07, 6.45) is 0. The van der Waals surface area contributed by atoms with Gasteiger partial charge in [-0.25, -0.2) is 9.59 Å². The van der Waals surface area contributed by atoms with Crippen LogP contribution in [0, 0.1) is 0 Å². The molecule has 3 N–H and O–H groups in total. The minimum atomic E-state index is -0.486. The Balaban J connectivity index is 1.70. The number of nitrogens with one attached hydrogen (secondary N) is 3. The van der Waals surface area contributed by atoms with Gasteiger partial charge in [0, 0.05) is 31.2 Å². The van der Waals surface area contributed by atoms with E-state index in [-0.39, 0.29) is 12.6 Å². The third kappa shape index (κ3) is 6.71. The van der Waals surface area contributed by atoms with E-state index in [1.54, 1.807) is 55.5 Å². The first-order chi connectivity index (χ1) is 16.8. The summed E-state index contributed by atoms with van der Waals surface area (Å²) in [5.41, 5.74) is 3.21. The van der Waals surface area contributed by atoms with E-state index in [4.69, 9.17) is 26.4 Å². The predicted octanol–water partition coefficient (Wildman–Crippen LogP) is 4.05. The molecule has 2 aromatic carbocycles. The number of nitrogens with zero attached hydrogens (tertiary/aromatic N) is 1. The van der Waals surface area contributed by atoms with Gasteiger partial charge in [-0.05, 0) is 68.0 Å². The Hall–Kier alpha value is -3.63. The summed E-state index contributed by atoms with van der Waals surface area (Å²) in [4.78, 5) is 27.0. The zero-order valence-electron chi connectivity index (χ0n) is 20.2. The second kappa shape index (κ2) is 12.2. The second-order valence-corrected chi connectivity index (χ2v) is 8.11. The molecule has 35 heavy (non-hydrogen) atoms. The van der Waals surface area contributed by atoms with Gasteiger partial charge in [0.05, 0.1) is 24.8 Å². The number of amides is 2. The number of anilines is 2. The van der Waals surface area contributed by atoms with Crippen molar-refractivity contribution in [3.8, 4) is 5.75 Å². The Bertz CT molecular complexity index is 1090. The molecule has 0 radical (unpaired) electrons. The number of hydrogen-bond donors (Lipinski definition) is 3. The van der Waals surface area contributed by atoms with Crippen molar-refractivity contribution >= 4 is 40.7 Å². The Kier molecular flexibility index (Phi) is 9.04. The molecular weight excluding hydrogens is 468 g/mol. The van der Waals surface area contributed by atoms with Crippen LogP contribution in [0.3, 0.4) is 0 Å². The molecule has 1 aliphatic rings. The normalized spacial score (nSPS) is 15.4. The fourth-order valence-corrected chi connectivity index (χ4v) is 3.75. The number of carbonyl (C=O) groups excluding carboxylic acids is 2. The highest BCUT2D eigenvalue weighted by Crippen LogP contribution is 2.31. The number of carbonyl (C=O) groups is 2. The number of benzene rings is 2. The highest BCUT2D eigenvalue weighted by Gasteiger charge is 2.33. The van der Waals surface area contributed by atoms with Crippen LogP contribution in [0.1, 0.15) is 25.5 Å². The zero-order valence-corrected chi connectivity index (χ0v) is 21.0. The van der Waals surface area contributed by atoms with Crippen LogP contribution in [0.4, 0.5) is 16.2 Å². The van der Waals surface area contributed by atoms with Crippen LogP contribution in [-0.4, -0.2) is 56.0 Å². The number of methoxy groups -OCH3 is 1. The van der Waals surface area contributed by atoms with Gasteiger partial charge in [0.1, 0.15) is 12.4 Å². The van der Waals surface area contributed by atoms with Crippen LogP contribution in [0.15, 0.2) is 59.8 Å². The van der Waals surface area contributed by atoms with Gasteiger partial charge in [-0.2, -0.15) is 0 Å². The van der Waals surface area contributed by atoms with Crippen LogP contribution < -0.4 is 20.7 Å². The van der Waals surface area contributed by atoms with E-state index in [9.17, 15) is 9.59 Å². The van der Waals surface area contributed by atoms with E-state index in [2.05, 4.69) is 16.0 Å². The number of thiocarbonyl (C=S) groups is 1. The summed E-state index contributed by atoms with van der Waals surface area (Å²) >= 11 is 5.43. The van der Waals surface area contributed by atoms with E-state index >= 15 is 0 Å². The molecule has 0 fully saturated rings. The molecule has 1 atom stereocenters. The highest BCUT2D eigenvalue weighted by atomic mass is 32.1.